The van der Waals surface area contributed by atoms with Gasteiger partial charge in [0.25, 0.3) is 0 Å². The van der Waals surface area contributed by atoms with E-state index >= 15 is 0 Å². The van der Waals surface area contributed by atoms with Crippen LogP contribution >= 0.6 is 0 Å². The van der Waals surface area contributed by atoms with Gasteiger partial charge in [0.05, 0.1) is 11.7 Å². The Morgan fingerprint density at radius 1 is 1.30 bits per heavy atom. The molecule has 0 radical (unpaired) electrons. The molecule has 0 aliphatic carbocycles. The van der Waals surface area contributed by atoms with E-state index in [0.29, 0.717) is 11.5 Å². The van der Waals surface area contributed by atoms with E-state index in [2.05, 4.69) is 42.6 Å². The molecule has 1 aromatic rings. The fourth-order valence-electron chi connectivity index (χ4n) is 3.01. The van der Waals surface area contributed by atoms with E-state index in [1.165, 1.54) is 18.5 Å². The first kappa shape index (κ1) is 15.5. The van der Waals surface area contributed by atoms with Crippen molar-refractivity contribution in [3.8, 4) is 0 Å². The Morgan fingerprint density at radius 2 is 1.95 bits per heavy atom. The maximum absolute atomic E-state index is 5.87. The van der Waals surface area contributed by atoms with Crippen molar-refractivity contribution in [1.82, 2.24) is 14.7 Å². The van der Waals surface area contributed by atoms with Gasteiger partial charge in [-0.3, -0.25) is 9.58 Å². The molecule has 1 aliphatic rings. The Balaban J connectivity index is 1.89. The second kappa shape index (κ2) is 6.72. The number of aromatic nitrogens is 2. The summed E-state index contributed by atoms with van der Waals surface area (Å²) >= 11 is 0. The topological polar surface area (TPSA) is 47.1 Å². The Morgan fingerprint density at radius 3 is 2.50 bits per heavy atom. The van der Waals surface area contributed by atoms with Crippen LogP contribution in [0.3, 0.4) is 0 Å². The lowest BCUT2D eigenvalue weighted by atomic mass is 9.80. The molecule has 1 fully saturated rings. The lowest BCUT2D eigenvalue weighted by Crippen LogP contribution is -2.41. The molecule has 114 valence electrons. The van der Waals surface area contributed by atoms with E-state index in [1.807, 2.05) is 0 Å². The van der Waals surface area contributed by atoms with Gasteiger partial charge < -0.3 is 5.73 Å². The molecule has 2 rings (SSSR count). The molecular formula is C16H30N4. The maximum Gasteiger partial charge on any atom is 0.0764 e. The highest BCUT2D eigenvalue weighted by Crippen LogP contribution is 2.29. The molecule has 2 N–H and O–H groups in total. The Hall–Kier alpha value is -0.870. The van der Waals surface area contributed by atoms with Gasteiger partial charge in [-0.15, -0.1) is 0 Å². The van der Waals surface area contributed by atoms with Crippen LogP contribution in [0.1, 0.15) is 58.2 Å². The van der Waals surface area contributed by atoms with Crippen LogP contribution in [0.25, 0.3) is 0 Å². The van der Waals surface area contributed by atoms with Crippen LogP contribution in [-0.2, 0) is 6.54 Å². The van der Waals surface area contributed by atoms with Crippen LogP contribution in [0.5, 0.6) is 0 Å². The third kappa shape index (κ3) is 3.61. The number of hydrogen-bond acceptors (Lipinski definition) is 3. The largest absolute Gasteiger partial charge is 0.330 e. The van der Waals surface area contributed by atoms with Crippen LogP contribution < -0.4 is 5.73 Å². The summed E-state index contributed by atoms with van der Waals surface area (Å²) in [5, 5.41) is 4.75. The van der Waals surface area contributed by atoms with Crippen molar-refractivity contribution < 1.29 is 0 Å². The minimum atomic E-state index is 0.353. The summed E-state index contributed by atoms with van der Waals surface area (Å²) in [7, 11) is 0. The SMILES string of the molecule is CCC(CC)n1ccc(CN2CCC(C)(CN)CC2)n1. The number of rotatable bonds is 6. The van der Waals surface area contributed by atoms with E-state index in [0.717, 1.165) is 39.0 Å². The van der Waals surface area contributed by atoms with Gasteiger partial charge in [-0.25, -0.2) is 0 Å². The van der Waals surface area contributed by atoms with Crippen molar-refractivity contribution in [2.24, 2.45) is 11.1 Å². The van der Waals surface area contributed by atoms with Crippen molar-refractivity contribution in [1.29, 1.82) is 0 Å². The van der Waals surface area contributed by atoms with Gasteiger partial charge in [0, 0.05) is 12.7 Å². The highest BCUT2D eigenvalue weighted by molar-refractivity contribution is 5.00. The fourth-order valence-corrected chi connectivity index (χ4v) is 3.01. The molecule has 0 aromatic carbocycles. The Kier molecular flexibility index (Phi) is 5.22. The molecule has 1 saturated heterocycles. The second-order valence-corrected chi connectivity index (χ2v) is 6.55. The van der Waals surface area contributed by atoms with Gasteiger partial charge >= 0.3 is 0 Å². The van der Waals surface area contributed by atoms with Crippen molar-refractivity contribution in [3.63, 3.8) is 0 Å². The number of likely N-dealkylation sites (tertiary alicyclic amines) is 1. The van der Waals surface area contributed by atoms with Gasteiger partial charge in [0.1, 0.15) is 0 Å². The molecule has 0 unspecified atom stereocenters. The monoisotopic (exact) mass is 278 g/mol. The molecule has 0 saturated carbocycles. The summed E-state index contributed by atoms with van der Waals surface area (Å²) in [5.41, 5.74) is 7.42. The standard InChI is InChI=1S/C16H30N4/c1-4-15(5-2)20-9-6-14(18-20)12-19-10-7-16(3,13-17)8-11-19/h6,9,15H,4-5,7-8,10-13,17H2,1-3H3. The van der Waals surface area contributed by atoms with Crippen molar-refractivity contribution in [3.05, 3.63) is 18.0 Å². The molecule has 4 nitrogen and oxygen atoms in total. The molecule has 20 heavy (non-hydrogen) atoms. The van der Waals surface area contributed by atoms with E-state index in [9.17, 15) is 0 Å². The summed E-state index contributed by atoms with van der Waals surface area (Å²) in [4.78, 5) is 2.51. The van der Waals surface area contributed by atoms with Crippen LogP contribution in [0.15, 0.2) is 12.3 Å². The minimum absolute atomic E-state index is 0.353. The molecule has 0 atom stereocenters. The zero-order chi connectivity index (χ0) is 14.6. The minimum Gasteiger partial charge on any atom is -0.330 e. The Bertz CT molecular complexity index is 400. The molecule has 0 bridgehead atoms. The summed E-state index contributed by atoms with van der Waals surface area (Å²) in [6.45, 7) is 10.9. The van der Waals surface area contributed by atoms with Crippen molar-refractivity contribution in [2.45, 2.75) is 59.0 Å². The first-order chi connectivity index (χ1) is 9.60. The van der Waals surface area contributed by atoms with Crippen LogP contribution in [-0.4, -0.2) is 34.3 Å². The van der Waals surface area contributed by atoms with E-state index in [1.54, 1.807) is 0 Å². The molecule has 1 aliphatic heterocycles. The number of nitrogens with zero attached hydrogens (tertiary/aromatic N) is 3. The first-order valence-corrected chi connectivity index (χ1v) is 8.06. The highest BCUT2D eigenvalue weighted by Gasteiger charge is 2.28. The summed E-state index contributed by atoms with van der Waals surface area (Å²) < 4.78 is 2.14. The van der Waals surface area contributed by atoms with Crippen LogP contribution in [0.2, 0.25) is 0 Å². The number of hydrogen-bond donors (Lipinski definition) is 1. The molecule has 2 heterocycles. The average molecular weight is 278 g/mol. The zero-order valence-corrected chi connectivity index (χ0v) is 13.3. The molecule has 0 spiro atoms. The third-order valence-corrected chi connectivity index (χ3v) is 4.92. The summed E-state index contributed by atoms with van der Waals surface area (Å²) in [5.74, 6) is 0. The smallest absolute Gasteiger partial charge is 0.0764 e. The van der Waals surface area contributed by atoms with Gasteiger partial charge in [-0.1, -0.05) is 20.8 Å². The molecular weight excluding hydrogens is 248 g/mol. The van der Waals surface area contributed by atoms with E-state index in [-0.39, 0.29) is 0 Å². The predicted molar refractivity (Wildman–Crippen MR) is 83.5 cm³/mol. The second-order valence-electron chi connectivity index (χ2n) is 6.55. The van der Waals surface area contributed by atoms with Gasteiger partial charge in [-0.05, 0) is 56.8 Å². The van der Waals surface area contributed by atoms with E-state index < -0.39 is 0 Å². The third-order valence-electron chi connectivity index (χ3n) is 4.92. The van der Waals surface area contributed by atoms with E-state index in [4.69, 9.17) is 10.8 Å². The highest BCUT2D eigenvalue weighted by atomic mass is 15.3. The summed E-state index contributed by atoms with van der Waals surface area (Å²) in [6, 6.07) is 2.72. The van der Waals surface area contributed by atoms with Gasteiger partial charge in [0.15, 0.2) is 0 Å². The quantitative estimate of drug-likeness (QED) is 0.870. The first-order valence-electron chi connectivity index (χ1n) is 8.06. The summed E-state index contributed by atoms with van der Waals surface area (Å²) in [6.07, 6.45) is 6.85. The van der Waals surface area contributed by atoms with Crippen molar-refractivity contribution in [2.75, 3.05) is 19.6 Å². The van der Waals surface area contributed by atoms with Crippen LogP contribution in [0, 0.1) is 5.41 Å². The molecule has 0 amide bonds. The fraction of sp³-hybridized carbons (Fsp3) is 0.812. The zero-order valence-electron chi connectivity index (χ0n) is 13.3. The molecule has 1 aromatic heterocycles. The van der Waals surface area contributed by atoms with Crippen LogP contribution in [0.4, 0.5) is 0 Å². The number of piperidine rings is 1. The number of nitrogens with two attached hydrogens (primary N) is 1. The average Bonchev–Trinajstić information content (AvgIpc) is 2.91. The lowest BCUT2D eigenvalue weighted by Gasteiger charge is -2.38. The van der Waals surface area contributed by atoms with Crippen molar-refractivity contribution >= 4 is 0 Å². The normalized spacial score (nSPS) is 19.6. The molecule has 4 heteroatoms. The van der Waals surface area contributed by atoms with Gasteiger partial charge in [-0.2, -0.15) is 5.10 Å². The predicted octanol–water partition coefficient (Wildman–Crippen LogP) is 2.81. The lowest BCUT2D eigenvalue weighted by molar-refractivity contribution is 0.117. The van der Waals surface area contributed by atoms with Gasteiger partial charge in [0.2, 0.25) is 0 Å². The Labute approximate surface area is 123 Å². The maximum atomic E-state index is 5.87.